The van der Waals surface area contributed by atoms with Crippen molar-refractivity contribution in [3.8, 4) is 0 Å². The second-order valence-electron chi connectivity index (χ2n) is 5.64. The Labute approximate surface area is 134 Å². The highest BCUT2D eigenvalue weighted by Crippen LogP contribution is 2.32. The summed E-state index contributed by atoms with van der Waals surface area (Å²) in [5, 5.41) is 17.3. The number of benzene rings is 1. The minimum atomic E-state index is -0.602. The topological polar surface area (TPSA) is 59.1 Å². The third kappa shape index (κ3) is 2.54. The Balaban J connectivity index is 1.89. The van der Waals surface area contributed by atoms with Crippen molar-refractivity contribution in [3.05, 3.63) is 70.5 Å². The zero-order valence-electron chi connectivity index (χ0n) is 12.7. The molecule has 2 aliphatic heterocycles. The number of hydrogen-bond donors (Lipinski definition) is 2. The first-order valence-corrected chi connectivity index (χ1v) is 7.75. The lowest BCUT2D eigenvalue weighted by Gasteiger charge is -2.37. The summed E-state index contributed by atoms with van der Waals surface area (Å²) in [7, 11) is 0. The summed E-state index contributed by atoms with van der Waals surface area (Å²) in [6.45, 7) is 2.17. The van der Waals surface area contributed by atoms with Gasteiger partial charge >= 0.3 is 0 Å². The van der Waals surface area contributed by atoms with Crippen LogP contribution in [0, 0.1) is 0 Å². The standard InChI is InChI=1S/C18H18N4O/c1-3-14-5-6-16(11-15(14)12-19-7-1)18(13-20-9-10-23-18)17-4-2-8-21-22-17/h1-8,11-12,19-20H,9-10,13H2. The molecule has 4 rings (SSSR count). The maximum Gasteiger partial charge on any atom is 0.149 e. The molecule has 23 heavy (non-hydrogen) atoms. The Morgan fingerprint density at radius 3 is 3.00 bits per heavy atom. The van der Waals surface area contributed by atoms with Crippen LogP contribution in [0.2, 0.25) is 0 Å². The molecule has 0 radical (unpaired) electrons. The van der Waals surface area contributed by atoms with Gasteiger partial charge in [0.15, 0.2) is 0 Å². The summed E-state index contributed by atoms with van der Waals surface area (Å²) < 4.78 is 6.23. The van der Waals surface area contributed by atoms with Crippen molar-refractivity contribution in [3.63, 3.8) is 0 Å². The molecule has 5 nitrogen and oxygen atoms in total. The number of aromatic nitrogens is 2. The Morgan fingerprint density at radius 1 is 1.17 bits per heavy atom. The van der Waals surface area contributed by atoms with Crippen LogP contribution < -0.4 is 21.1 Å². The minimum Gasteiger partial charge on any atom is -0.367 e. The van der Waals surface area contributed by atoms with E-state index in [9.17, 15) is 0 Å². The van der Waals surface area contributed by atoms with E-state index >= 15 is 0 Å². The average molecular weight is 306 g/mol. The molecule has 0 bridgehead atoms. The molecule has 5 heteroatoms. The summed E-state index contributed by atoms with van der Waals surface area (Å²) in [5.74, 6) is 0. The van der Waals surface area contributed by atoms with E-state index in [1.807, 2.05) is 30.6 Å². The number of allylic oxidation sites excluding steroid dienone is 1. The van der Waals surface area contributed by atoms with Gasteiger partial charge in [0, 0.05) is 31.7 Å². The van der Waals surface area contributed by atoms with Crippen LogP contribution in [0.3, 0.4) is 0 Å². The molecule has 1 aromatic carbocycles. The fourth-order valence-corrected chi connectivity index (χ4v) is 3.08. The Morgan fingerprint density at radius 2 is 2.17 bits per heavy atom. The van der Waals surface area contributed by atoms with Gasteiger partial charge in [0.1, 0.15) is 11.3 Å². The maximum atomic E-state index is 6.23. The molecular formula is C18H18N4O. The molecule has 1 unspecified atom stereocenters. The highest BCUT2D eigenvalue weighted by atomic mass is 16.5. The summed E-state index contributed by atoms with van der Waals surface area (Å²) in [6, 6.07) is 10.3. The molecule has 1 atom stereocenters. The third-order valence-corrected chi connectivity index (χ3v) is 4.25. The number of morpholine rings is 1. The summed E-state index contributed by atoms with van der Waals surface area (Å²) in [6.07, 6.45) is 9.68. The first-order valence-electron chi connectivity index (χ1n) is 7.75. The number of ether oxygens (including phenoxy) is 1. The maximum absolute atomic E-state index is 6.23. The van der Waals surface area contributed by atoms with Crippen LogP contribution in [0.4, 0.5) is 0 Å². The van der Waals surface area contributed by atoms with Crippen molar-refractivity contribution >= 4 is 12.3 Å². The minimum absolute atomic E-state index is 0.602. The smallest absolute Gasteiger partial charge is 0.149 e. The lowest BCUT2D eigenvalue weighted by molar-refractivity contribution is -0.0438. The van der Waals surface area contributed by atoms with Crippen molar-refractivity contribution < 1.29 is 4.74 Å². The lowest BCUT2D eigenvalue weighted by Crippen LogP contribution is -2.49. The fraction of sp³-hybridized carbons (Fsp3) is 0.222. The molecule has 0 spiro atoms. The number of nitrogens with one attached hydrogen (secondary N) is 2. The van der Waals surface area contributed by atoms with Crippen molar-refractivity contribution in [1.29, 1.82) is 0 Å². The molecule has 0 amide bonds. The molecule has 2 aliphatic rings. The van der Waals surface area contributed by atoms with Crippen LogP contribution in [-0.4, -0.2) is 29.9 Å². The van der Waals surface area contributed by atoms with Crippen LogP contribution in [-0.2, 0) is 10.3 Å². The van der Waals surface area contributed by atoms with Gasteiger partial charge < -0.3 is 15.4 Å². The Bertz CT molecular complexity index is 839. The van der Waals surface area contributed by atoms with E-state index in [1.165, 1.54) is 5.22 Å². The second kappa shape index (κ2) is 5.95. The van der Waals surface area contributed by atoms with Crippen LogP contribution in [0.5, 0.6) is 0 Å². The van der Waals surface area contributed by atoms with E-state index in [-0.39, 0.29) is 0 Å². The predicted molar refractivity (Wildman–Crippen MR) is 88.5 cm³/mol. The monoisotopic (exact) mass is 306 g/mol. The first-order chi connectivity index (χ1) is 11.4. The molecule has 1 aromatic heterocycles. The van der Waals surface area contributed by atoms with Gasteiger partial charge in [-0.15, -0.1) is 0 Å². The zero-order chi connectivity index (χ0) is 15.5. The van der Waals surface area contributed by atoms with Crippen molar-refractivity contribution in [2.24, 2.45) is 0 Å². The Kier molecular flexibility index (Phi) is 3.65. The zero-order valence-corrected chi connectivity index (χ0v) is 12.7. The van der Waals surface area contributed by atoms with E-state index < -0.39 is 5.60 Å². The molecule has 2 aromatic rings. The van der Waals surface area contributed by atoms with Crippen molar-refractivity contribution in [2.45, 2.75) is 5.60 Å². The fourth-order valence-electron chi connectivity index (χ4n) is 3.08. The van der Waals surface area contributed by atoms with Gasteiger partial charge in [-0.05, 0) is 40.3 Å². The summed E-state index contributed by atoms with van der Waals surface area (Å²) >= 11 is 0. The lowest BCUT2D eigenvalue weighted by atomic mass is 9.88. The highest BCUT2D eigenvalue weighted by molar-refractivity contribution is 5.45. The molecule has 2 N–H and O–H groups in total. The number of rotatable bonds is 2. The number of hydrogen-bond acceptors (Lipinski definition) is 5. The summed E-state index contributed by atoms with van der Waals surface area (Å²) in [4.78, 5) is 0. The first kappa shape index (κ1) is 14.1. The number of fused-ring (bicyclic) bond motifs is 1. The van der Waals surface area contributed by atoms with Gasteiger partial charge in [-0.1, -0.05) is 18.2 Å². The second-order valence-corrected chi connectivity index (χ2v) is 5.64. The largest absolute Gasteiger partial charge is 0.367 e. The normalized spacial score (nSPS) is 23.0. The molecule has 0 saturated carbocycles. The van der Waals surface area contributed by atoms with E-state index in [1.54, 1.807) is 6.20 Å². The molecule has 0 aliphatic carbocycles. The molecule has 3 heterocycles. The van der Waals surface area contributed by atoms with Gasteiger partial charge in [-0.2, -0.15) is 10.2 Å². The third-order valence-electron chi connectivity index (χ3n) is 4.25. The van der Waals surface area contributed by atoms with Crippen LogP contribution in [0.15, 0.2) is 48.8 Å². The van der Waals surface area contributed by atoms with E-state index in [0.29, 0.717) is 13.2 Å². The van der Waals surface area contributed by atoms with Gasteiger partial charge in [-0.25, -0.2) is 0 Å². The van der Waals surface area contributed by atoms with Gasteiger partial charge in [0.25, 0.3) is 0 Å². The van der Waals surface area contributed by atoms with Gasteiger partial charge in [0.05, 0.1) is 6.61 Å². The quantitative estimate of drug-likeness (QED) is 0.816. The van der Waals surface area contributed by atoms with Crippen molar-refractivity contribution in [1.82, 2.24) is 20.8 Å². The van der Waals surface area contributed by atoms with E-state index in [2.05, 4.69) is 45.1 Å². The van der Waals surface area contributed by atoms with Crippen LogP contribution in [0.25, 0.3) is 12.3 Å². The molecular weight excluding hydrogens is 288 g/mol. The van der Waals surface area contributed by atoms with E-state index in [0.717, 1.165) is 23.0 Å². The molecule has 1 fully saturated rings. The summed E-state index contributed by atoms with van der Waals surface area (Å²) in [5.41, 5.74) is 1.31. The van der Waals surface area contributed by atoms with Gasteiger partial charge in [-0.3, -0.25) is 0 Å². The SMILES string of the molecule is C1=CNC=c2cc(C3(c4cccnn4)CNCCO3)ccc2=C1. The number of nitrogens with zero attached hydrogens (tertiary/aromatic N) is 2. The van der Waals surface area contributed by atoms with Crippen LogP contribution >= 0.6 is 0 Å². The van der Waals surface area contributed by atoms with Crippen LogP contribution in [0.1, 0.15) is 11.3 Å². The Hall–Kier alpha value is -2.50. The van der Waals surface area contributed by atoms with Gasteiger partial charge in [0.2, 0.25) is 0 Å². The van der Waals surface area contributed by atoms with E-state index in [4.69, 9.17) is 4.74 Å². The van der Waals surface area contributed by atoms with Crippen molar-refractivity contribution in [2.75, 3.05) is 19.7 Å². The molecule has 1 saturated heterocycles. The average Bonchev–Trinajstić information content (AvgIpc) is 2.88. The highest BCUT2D eigenvalue weighted by Gasteiger charge is 2.39. The predicted octanol–water partition coefficient (Wildman–Crippen LogP) is -0.0246. The molecule has 116 valence electrons.